The number of aliphatic hydroxyl groups excluding tert-OH is 1. The fourth-order valence-electron chi connectivity index (χ4n) is 2.44. The molecule has 112 valence electrons. The summed E-state index contributed by atoms with van der Waals surface area (Å²) in [5.74, 6) is 0.593. The Labute approximate surface area is 136 Å². The molecular weight excluding hydrogens is 303 g/mol. The topological polar surface area (TPSA) is 20.2 Å². The highest BCUT2D eigenvalue weighted by Crippen LogP contribution is 2.29. The molecule has 0 aromatic heterocycles. The molecule has 21 heavy (non-hydrogen) atoms. The third-order valence-corrected chi connectivity index (χ3v) is 4.15. The van der Waals surface area contributed by atoms with Crippen LogP contribution in [-0.2, 0) is 12.8 Å². The van der Waals surface area contributed by atoms with E-state index in [0.717, 1.165) is 17.5 Å². The summed E-state index contributed by atoms with van der Waals surface area (Å²) in [5.41, 5.74) is 2.94. The lowest BCUT2D eigenvalue weighted by Gasteiger charge is -2.15. The maximum atomic E-state index is 10.5. The highest BCUT2D eigenvalue weighted by Gasteiger charge is 2.14. The van der Waals surface area contributed by atoms with Crippen LogP contribution in [-0.4, -0.2) is 5.11 Å². The highest BCUT2D eigenvalue weighted by molar-refractivity contribution is 6.36. The first-order valence-corrected chi connectivity index (χ1v) is 7.92. The summed E-state index contributed by atoms with van der Waals surface area (Å²) in [6.45, 7) is 4.37. The molecule has 0 bridgehead atoms. The van der Waals surface area contributed by atoms with Crippen molar-refractivity contribution in [3.05, 3.63) is 69.2 Å². The van der Waals surface area contributed by atoms with Gasteiger partial charge in [0.05, 0.1) is 6.10 Å². The van der Waals surface area contributed by atoms with E-state index in [2.05, 4.69) is 26.0 Å². The van der Waals surface area contributed by atoms with Gasteiger partial charge in [0.25, 0.3) is 0 Å². The fourth-order valence-corrected chi connectivity index (χ4v) is 2.99. The zero-order valence-electron chi connectivity index (χ0n) is 12.3. The minimum Gasteiger partial charge on any atom is -0.388 e. The molecule has 2 rings (SSSR count). The molecule has 1 atom stereocenters. The quantitative estimate of drug-likeness (QED) is 0.774. The van der Waals surface area contributed by atoms with Gasteiger partial charge in [-0.05, 0) is 41.2 Å². The molecule has 0 aliphatic carbocycles. The van der Waals surface area contributed by atoms with E-state index < -0.39 is 6.10 Å². The van der Waals surface area contributed by atoms with Crippen LogP contribution < -0.4 is 0 Å². The molecule has 2 aromatic rings. The van der Waals surface area contributed by atoms with Crippen molar-refractivity contribution >= 4 is 23.2 Å². The van der Waals surface area contributed by atoms with Gasteiger partial charge in [0.1, 0.15) is 0 Å². The van der Waals surface area contributed by atoms with Crippen molar-refractivity contribution in [2.24, 2.45) is 5.92 Å². The fraction of sp³-hybridized carbons (Fsp3) is 0.333. The van der Waals surface area contributed by atoms with Gasteiger partial charge in [-0.1, -0.05) is 67.4 Å². The second-order valence-corrected chi connectivity index (χ2v) is 6.58. The predicted octanol–water partition coefficient (Wildman–Crippen LogP) is 5.47. The van der Waals surface area contributed by atoms with Crippen LogP contribution in [0.3, 0.4) is 0 Å². The Morgan fingerprint density at radius 2 is 1.57 bits per heavy atom. The van der Waals surface area contributed by atoms with E-state index in [-0.39, 0.29) is 0 Å². The second-order valence-electron chi connectivity index (χ2n) is 5.76. The van der Waals surface area contributed by atoms with Gasteiger partial charge in [0, 0.05) is 16.5 Å². The monoisotopic (exact) mass is 322 g/mol. The molecule has 0 amide bonds. The first-order chi connectivity index (χ1) is 9.97. The predicted molar refractivity (Wildman–Crippen MR) is 90.1 cm³/mol. The number of hydrogen-bond acceptors (Lipinski definition) is 1. The molecule has 0 fully saturated rings. The van der Waals surface area contributed by atoms with Crippen molar-refractivity contribution in [3.63, 3.8) is 0 Å². The van der Waals surface area contributed by atoms with Crippen molar-refractivity contribution in [2.75, 3.05) is 0 Å². The molecule has 1 unspecified atom stereocenters. The number of aliphatic hydroxyl groups is 1. The van der Waals surface area contributed by atoms with E-state index in [0.29, 0.717) is 22.4 Å². The average molecular weight is 323 g/mol. The lowest BCUT2D eigenvalue weighted by molar-refractivity contribution is 0.178. The molecule has 0 saturated heterocycles. The van der Waals surface area contributed by atoms with Crippen LogP contribution in [0.4, 0.5) is 0 Å². The van der Waals surface area contributed by atoms with E-state index in [1.54, 1.807) is 12.1 Å². The normalized spacial score (nSPS) is 12.7. The molecule has 0 aliphatic rings. The molecule has 0 heterocycles. The smallest absolute Gasteiger partial charge is 0.0831 e. The van der Waals surface area contributed by atoms with Gasteiger partial charge >= 0.3 is 0 Å². The van der Waals surface area contributed by atoms with Crippen molar-refractivity contribution in [3.8, 4) is 0 Å². The Hall–Kier alpha value is -1.02. The van der Waals surface area contributed by atoms with E-state index in [1.807, 2.05) is 18.2 Å². The Balaban J connectivity index is 2.18. The molecule has 0 spiro atoms. The van der Waals surface area contributed by atoms with E-state index in [1.165, 1.54) is 5.56 Å². The van der Waals surface area contributed by atoms with Crippen molar-refractivity contribution in [2.45, 2.75) is 32.8 Å². The van der Waals surface area contributed by atoms with Crippen LogP contribution in [0, 0.1) is 5.92 Å². The third-order valence-electron chi connectivity index (χ3n) is 3.44. The zero-order chi connectivity index (χ0) is 15.4. The molecule has 1 N–H and O–H groups in total. The SMILES string of the molecule is CC(C)Cc1cccc(C(O)Cc2c(Cl)cccc2Cl)c1. The maximum Gasteiger partial charge on any atom is 0.0831 e. The van der Waals surface area contributed by atoms with E-state index in [9.17, 15) is 5.11 Å². The summed E-state index contributed by atoms with van der Waals surface area (Å²) in [7, 11) is 0. The largest absolute Gasteiger partial charge is 0.388 e. The minimum atomic E-state index is -0.602. The highest BCUT2D eigenvalue weighted by atomic mass is 35.5. The van der Waals surface area contributed by atoms with Crippen molar-refractivity contribution < 1.29 is 5.11 Å². The second kappa shape index (κ2) is 7.31. The van der Waals surface area contributed by atoms with Gasteiger partial charge < -0.3 is 5.11 Å². The first-order valence-electron chi connectivity index (χ1n) is 7.17. The summed E-state index contributed by atoms with van der Waals surface area (Å²) in [5, 5.41) is 11.7. The van der Waals surface area contributed by atoms with Crippen molar-refractivity contribution in [1.82, 2.24) is 0 Å². The van der Waals surface area contributed by atoms with Gasteiger partial charge in [0.15, 0.2) is 0 Å². The Morgan fingerprint density at radius 3 is 2.19 bits per heavy atom. The molecular formula is C18H20Cl2O. The molecule has 1 nitrogen and oxygen atoms in total. The van der Waals surface area contributed by atoms with Crippen molar-refractivity contribution in [1.29, 1.82) is 0 Å². The van der Waals surface area contributed by atoms with Gasteiger partial charge in [-0.2, -0.15) is 0 Å². The summed E-state index contributed by atoms with van der Waals surface area (Å²) in [6.07, 6.45) is 0.825. The van der Waals surface area contributed by atoms with Crippen LogP contribution in [0.15, 0.2) is 42.5 Å². The van der Waals surface area contributed by atoms with E-state index in [4.69, 9.17) is 23.2 Å². The van der Waals surface area contributed by atoms with Gasteiger partial charge in [0.2, 0.25) is 0 Å². The Kier molecular flexibility index (Phi) is 5.69. The molecule has 2 aromatic carbocycles. The van der Waals surface area contributed by atoms with Crippen LogP contribution >= 0.6 is 23.2 Å². The summed E-state index contributed by atoms with van der Waals surface area (Å²) in [6, 6.07) is 13.5. The number of halogens is 2. The molecule has 3 heteroatoms. The first kappa shape index (κ1) is 16.4. The molecule has 0 radical (unpaired) electrons. The number of rotatable bonds is 5. The Morgan fingerprint density at radius 1 is 0.952 bits per heavy atom. The average Bonchev–Trinajstić information content (AvgIpc) is 2.42. The van der Waals surface area contributed by atoms with E-state index >= 15 is 0 Å². The lowest BCUT2D eigenvalue weighted by atomic mass is 9.96. The van der Waals surface area contributed by atoms with Crippen LogP contribution in [0.1, 0.15) is 36.6 Å². The summed E-state index contributed by atoms with van der Waals surface area (Å²) < 4.78 is 0. The zero-order valence-corrected chi connectivity index (χ0v) is 13.8. The molecule has 0 aliphatic heterocycles. The standard InChI is InChI=1S/C18H20Cl2O/c1-12(2)9-13-5-3-6-14(10-13)18(21)11-15-16(19)7-4-8-17(15)20/h3-8,10,12,18,21H,9,11H2,1-2H3. The van der Waals surface area contributed by atoms with Gasteiger partial charge in [-0.25, -0.2) is 0 Å². The summed E-state index contributed by atoms with van der Waals surface area (Å²) in [4.78, 5) is 0. The summed E-state index contributed by atoms with van der Waals surface area (Å²) >= 11 is 12.3. The number of benzene rings is 2. The van der Waals surface area contributed by atoms with Gasteiger partial charge in [-0.15, -0.1) is 0 Å². The minimum absolute atomic E-state index is 0.420. The lowest BCUT2D eigenvalue weighted by Crippen LogP contribution is -2.04. The number of hydrogen-bond donors (Lipinski definition) is 1. The Bertz CT molecular complexity index is 588. The van der Waals surface area contributed by atoms with Gasteiger partial charge in [-0.3, -0.25) is 0 Å². The van der Waals surface area contributed by atoms with Crippen LogP contribution in [0.2, 0.25) is 10.0 Å². The van der Waals surface area contributed by atoms with Crippen LogP contribution in [0.25, 0.3) is 0 Å². The molecule has 0 saturated carbocycles. The maximum absolute atomic E-state index is 10.5. The third kappa shape index (κ3) is 4.47. The van der Waals surface area contributed by atoms with Crippen LogP contribution in [0.5, 0.6) is 0 Å².